The summed E-state index contributed by atoms with van der Waals surface area (Å²) in [5.41, 5.74) is -0.00707. The second-order valence-electron chi connectivity index (χ2n) is 4.81. The summed E-state index contributed by atoms with van der Waals surface area (Å²) in [5, 5.41) is -0.262. The van der Waals surface area contributed by atoms with Gasteiger partial charge >= 0.3 is 6.18 Å². The van der Waals surface area contributed by atoms with E-state index in [1.807, 2.05) is 26.0 Å². The van der Waals surface area contributed by atoms with E-state index in [0.717, 1.165) is 17.7 Å². The first-order chi connectivity index (χ1) is 9.77. The number of para-hydroxylation sites is 1. The van der Waals surface area contributed by atoms with Crippen LogP contribution in [0.25, 0.3) is 0 Å². The van der Waals surface area contributed by atoms with Crippen molar-refractivity contribution in [2.45, 2.75) is 25.9 Å². The molecule has 0 aliphatic rings. The molecule has 21 heavy (non-hydrogen) atoms. The zero-order valence-corrected chi connectivity index (χ0v) is 12.2. The molecule has 2 rings (SSSR count). The van der Waals surface area contributed by atoms with E-state index in [1.165, 1.54) is 0 Å². The SMILES string of the molecule is CC(C)c1ccccc1Oc1cc(C(F)(F)F)cc(Cl)n1. The van der Waals surface area contributed by atoms with E-state index in [1.54, 1.807) is 12.1 Å². The molecule has 0 spiro atoms. The van der Waals surface area contributed by atoms with Crippen molar-refractivity contribution in [2.24, 2.45) is 0 Å². The summed E-state index contributed by atoms with van der Waals surface area (Å²) in [7, 11) is 0. The minimum absolute atomic E-state index is 0.169. The molecule has 6 heteroatoms. The molecule has 0 aliphatic heterocycles. The van der Waals surface area contributed by atoms with Crippen LogP contribution in [0, 0.1) is 0 Å². The quantitative estimate of drug-likeness (QED) is 0.681. The molecule has 0 aliphatic carbocycles. The fraction of sp³-hybridized carbons (Fsp3) is 0.267. The molecule has 0 saturated carbocycles. The highest BCUT2D eigenvalue weighted by molar-refractivity contribution is 6.29. The highest BCUT2D eigenvalue weighted by Crippen LogP contribution is 2.35. The van der Waals surface area contributed by atoms with E-state index in [-0.39, 0.29) is 17.0 Å². The zero-order chi connectivity index (χ0) is 15.6. The molecule has 0 atom stereocenters. The van der Waals surface area contributed by atoms with Crippen LogP contribution in [0.1, 0.15) is 30.9 Å². The van der Waals surface area contributed by atoms with E-state index in [0.29, 0.717) is 5.75 Å². The summed E-state index contributed by atoms with van der Waals surface area (Å²) < 4.78 is 43.7. The van der Waals surface area contributed by atoms with Crippen molar-refractivity contribution < 1.29 is 17.9 Å². The average molecular weight is 316 g/mol. The maximum absolute atomic E-state index is 12.8. The Labute approximate surface area is 125 Å². The largest absolute Gasteiger partial charge is 0.439 e. The molecule has 2 nitrogen and oxygen atoms in total. The van der Waals surface area contributed by atoms with Gasteiger partial charge in [0, 0.05) is 6.07 Å². The number of hydrogen-bond acceptors (Lipinski definition) is 2. The molecule has 112 valence electrons. The Morgan fingerprint density at radius 2 is 1.81 bits per heavy atom. The number of ether oxygens (including phenoxy) is 1. The van der Waals surface area contributed by atoms with Gasteiger partial charge in [-0.1, -0.05) is 43.6 Å². The number of halogens is 4. The van der Waals surface area contributed by atoms with Crippen molar-refractivity contribution in [3.05, 3.63) is 52.7 Å². The van der Waals surface area contributed by atoms with Crippen LogP contribution in [0.2, 0.25) is 5.15 Å². The summed E-state index contributed by atoms with van der Waals surface area (Å²) in [4.78, 5) is 3.79. The van der Waals surface area contributed by atoms with Gasteiger partial charge in [-0.3, -0.25) is 0 Å². The highest BCUT2D eigenvalue weighted by atomic mass is 35.5. The molecule has 1 heterocycles. The van der Waals surface area contributed by atoms with Gasteiger partial charge in [-0.2, -0.15) is 13.2 Å². The van der Waals surface area contributed by atoms with Gasteiger partial charge in [0.25, 0.3) is 0 Å². The third kappa shape index (κ3) is 3.88. The van der Waals surface area contributed by atoms with Crippen molar-refractivity contribution in [3.63, 3.8) is 0 Å². The smallest absolute Gasteiger partial charge is 0.416 e. The third-order valence-electron chi connectivity index (χ3n) is 2.85. The molecular weight excluding hydrogens is 303 g/mol. The van der Waals surface area contributed by atoms with E-state index >= 15 is 0 Å². The number of rotatable bonds is 3. The Balaban J connectivity index is 2.39. The minimum atomic E-state index is -4.50. The van der Waals surface area contributed by atoms with Gasteiger partial charge in [0.1, 0.15) is 10.9 Å². The van der Waals surface area contributed by atoms with Crippen molar-refractivity contribution >= 4 is 11.6 Å². The van der Waals surface area contributed by atoms with Crippen molar-refractivity contribution in [2.75, 3.05) is 0 Å². The first-order valence-corrected chi connectivity index (χ1v) is 6.66. The topological polar surface area (TPSA) is 22.1 Å². The van der Waals surface area contributed by atoms with Gasteiger partial charge in [-0.15, -0.1) is 0 Å². The van der Waals surface area contributed by atoms with Crippen LogP contribution < -0.4 is 4.74 Å². The Kier molecular flexibility index (Phi) is 4.42. The molecule has 0 radical (unpaired) electrons. The first kappa shape index (κ1) is 15.6. The van der Waals surface area contributed by atoms with Crippen molar-refractivity contribution in [1.29, 1.82) is 0 Å². The fourth-order valence-electron chi connectivity index (χ4n) is 1.85. The number of alkyl halides is 3. The monoisotopic (exact) mass is 315 g/mol. The fourth-order valence-corrected chi connectivity index (χ4v) is 2.05. The van der Waals surface area contributed by atoms with Crippen LogP contribution in [-0.4, -0.2) is 4.98 Å². The van der Waals surface area contributed by atoms with Crippen LogP contribution in [0.5, 0.6) is 11.6 Å². The van der Waals surface area contributed by atoms with Crippen LogP contribution in [0.3, 0.4) is 0 Å². The molecule has 0 amide bonds. The maximum Gasteiger partial charge on any atom is 0.416 e. The number of aromatic nitrogens is 1. The lowest BCUT2D eigenvalue weighted by molar-refractivity contribution is -0.137. The Hall–Kier alpha value is -1.75. The second kappa shape index (κ2) is 5.93. The van der Waals surface area contributed by atoms with Gasteiger partial charge in [0.05, 0.1) is 5.56 Å². The van der Waals surface area contributed by atoms with Gasteiger partial charge in [0.2, 0.25) is 5.88 Å². The molecular formula is C15H13ClF3NO. The summed E-state index contributed by atoms with van der Waals surface area (Å²) in [6.07, 6.45) is -4.50. The Bertz CT molecular complexity index is 641. The highest BCUT2D eigenvalue weighted by Gasteiger charge is 2.32. The van der Waals surface area contributed by atoms with Crippen LogP contribution >= 0.6 is 11.6 Å². The van der Waals surface area contributed by atoms with E-state index < -0.39 is 11.7 Å². The van der Waals surface area contributed by atoms with Crippen LogP contribution in [0.15, 0.2) is 36.4 Å². The Morgan fingerprint density at radius 1 is 1.14 bits per heavy atom. The van der Waals surface area contributed by atoms with Gasteiger partial charge in [-0.25, -0.2) is 4.98 Å². The maximum atomic E-state index is 12.8. The lowest BCUT2D eigenvalue weighted by atomic mass is 10.0. The summed E-state index contributed by atoms with van der Waals surface area (Å²) in [6, 6.07) is 8.73. The van der Waals surface area contributed by atoms with Crippen LogP contribution in [-0.2, 0) is 6.18 Å². The predicted octanol–water partition coefficient (Wildman–Crippen LogP) is 5.67. The summed E-state index contributed by atoms with van der Waals surface area (Å²) in [6.45, 7) is 3.93. The summed E-state index contributed by atoms with van der Waals surface area (Å²) in [5.74, 6) is 0.459. The Morgan fingerprint density at radius 3 is 2.43 bits per heavy atom. The number of benzene rings is 1. The molecule has 1 aromatic carbocycles. The molecule has 0 bridgehead atoms. The molecule has 1 aromatic heterocycles. The third-order valence-corrected chi connectivity index (χ3v) is 3.05. The van der Waals surface area contributed by atoms with Gasteiger partial charge in [-0.05, 0) is 23.6 Å². The lowest BCUT2D eigenvalue weighted by Crippen LogP contribution is -2.06. The van der Waals surface area contributed by atoms with E-state index in [9.17, 15) is 13.2 Å². The first-order valence-electron chi connectivity index (χ1n) is 6.29. The van der Waals surface area contributed by atoms with Gasteiger partial charge < -0.3 is 4.74 Å². The standard InChI is InChI=1S/C15H13ClF3NO/c1-9(2)11-5-3-4-6-12(11)21-14-8-10(15(17,18)19)7-13(16)20-14/h3-9H,1-2H3. The second-order valence-corrected chi connectivity index (χ2v) is 5.20. The average Bonchev–Trinajstić information content (AvgIpc) is 2.37. The molecule has 0 saturated heterocycles. The molecule has 0 unspecified atom stereocenters. The van der Waals surface area contributed by atoms with Crippen LogP contribution in [0.4, 0.5) is 13.2 Å². The summed E-state index contributed by atoms with van der Waals surface area (Å²) >= 11 is 5.63. The minimum Gasteiger partial charge on any atom is -0.439 e. The van der Waals surface area contributed by atoms with Crippen molar-refractivity contribution in [3.8, 4) is 11.6 Å². The number of hydrogen-bond donors (Lipinski definition) is 0. The predicted molar refractivity (Wildman–Crippen MR) is 74.9 cm³/mol. The molecule has 2 aromatic rings. The lowest BCUT2D eigenvalue weighted by Gasteiger charge is -2.14. The number of pyridine rings is 1. The van der Waals surface area contributed by atoms with Crippen molar-refractivity contribution in [1.82, 2.24) is 4.98 Å². The normalized spacial score (nSPS) is 11.8. The van der Waals surface area contributed by atoms with E-state index in [2.05, 4.69) is 4.98 Å². The zero-order valence-electron chi connectivity index (χ0n) is 11.4. The molecule has 0 N–H and O–H groups in total. The van der Waals surface area contributed by atoms with E-state index in [4.69, 9.17) is 16.3 Å². The number of nitrogens with zero attached hydrogens (tertiary/aromatic N) is 1. The molecule has 0 fully saturated rings. The van der Waals surface area contributed by atoms with Gasteiger partial charge in [0.15, 0.2) is 0 Å².